The van der Waals surface area contributed by atoms with Gasteiger partial charge in [-0.3, -0.25) is 0 Å². The van der Waals surface area contributed by atoms with E-state index in [-0.39, 0.29) is 11.9 Å². The number of likely N-dealkylation sites (N-methyl/N-ethyl adjacent to an activating group) is 1. The van der Waals surface area contributed by atoms with E-state index < -0.39 is 0 Å². The van der Waals surface area contributed by atoms with Crippen LogP contribution in [0.15, 0.2) is 40.9 Å². The summed E-state index contributed by atoms with van der Waals surface area (Å²) in [6, 6.07) is 11.3. The zero-order chi connectivity index (χ0) is 15.4. The fourth-order valence-electron chi connectivity index (χ4n) is 2.35. The summed E-state index contributed by atoms with van der Waals surface area (Å²) in [5.41, 5.74) is 2.87. The Morgan fingerprint density at radius 3 is 2.62 bits per heavy atom. The van der Waals surface area contributed by atoms with Crippen LogP contribution in [0.1, 0.15) is 22.7 Å². The van der Waals surface area contributed by atoms with E-state index in [0.29, 0.717) is 12.0 Å². The van der Waals surface area contributed by atoms with Crippen molar-refractivity contribution in [3.05, 3.63) is 63.4 Å². The molecule has 0 saturated carbocycles. The third-order valence-corrected chi connectivity index (χ3v) is 4.12. The molecule has 1 unspecified atom stereocenters. The number of ether oxygens (including phenoxy) is 1. The molecule has 4 heteroatoms. The van der Waals surface area contributed by atoms with E-state index in [1.165, 1.54) is 6.07 Å². The molecule has 0 heterocycles. The molecule has 2 nitrogen and oxygen atoms in total. The Hall–Kier alpha value is -1.39. The van der Waals surface area contributed by atoms with Gasteiger partial charge in [-0.2, -0.15) is 0 Å². The molecule has 112 valence electrons. The summed E-state index contributed by atoms with van der Waals surface area (Å²) in [6.45, 7) is 2.01. The molecular formula is C17H19BrFNO. The van der Waals surface area contributed by atoms with Crippen LogP contribution < -0.4 is 10.1 Å². The van der Waals surface area contributed by atoms with Gasteiger partial charge in [0.25, 0.3) is 0 Å². The number of rotatable bonds is 5. The zero-order valence-corrected chi connectivity index (χ0v) is 14.0. The van der Waals surface area contributed by atoms with Crippen molar-refractivity contribution in [3.8, 4) is 5.75 Å². The molecule has 2 aromatic rings. The molecule has 0 aliphatic rings. The average Bonchev–Trinajstić information content (AvgIpc) is 2.47. The Morgan fingerprint density at radius 1 is 1.24 bits per heavy atom. The second-order valence-electron chi connectivity index (χ2n) is 5.01. The number of halogens is 2. The van der Waals surface area contributed by atoms with Crippen LogP contribution in [0, 0.1) is 12.7 Å². The van der Waals surface area contributed by atoms with Crippen LogP contribution in [0.5, 0.6) is 5.75 Å². The molecule has 0 amide bonds. The van der Waals surface area contributed by atoms with Gasteiger partial charge in [0.05, 0.1) is 7.11 Å². The number of hydrogen-bond donors (Lipinski definition) is 1. The first-order chi connectivity index (χ1) is 10.0. The summed E-state index contributed by atoms with van der Waals surface area (Å²) in [6.07, 6.45) is 0.585. The van der Waals surface area contributed by atoms with Crippen LogP contribution >= 0.6 is 15.9 Å². The van der Waals surface area contributed by atoms with Crippen molar-refractivity contribution >= 4 is 15.9 Å². The second-order valence-corrected chi connectivity index (χ2v) is 5.93. The molecule has 0 aliphatic carbocycles. The van der Waals surface area contributed by atoms with Crippen LogP contribution in [0.25, 0.3) is 0 Å². The molecule has 2 rings (SSSR count). The molecule has 0 fully saturated rings. The lowest BCUT2D eigenvalue weighted by Gasteiger charge is -2.19. The van der Waals surface area contributed by atoms with Crippen molar-refractivity contribution < 1.29 is 9.13 Å². The third kappa shape index (κ3) is 3.83. The van der Waals surface area contributed by atoms with E-state index in [4.69, 9.17) is 4.74 Å². The highest BCUT2D eigenvalue weighted by Gasteiger charge is 2.14. The van der Waals surface area contributed by atoms with Gasteiger partial charge in [0.15, 0.2) is 0 Å². The first kappa shape index (κ1) is 16.0. The maximum atomic E-state index is 14.0. The predicted molar refractivity (Wildman–Crippen MR) is 87.3 cm³/mol. The van der Waals surface area contributed by atoms with Crippen molar-refractivity contribution in [2.24, 2.45) is 0 Å². The highest BCUT2D eigenvalue weighted by atomic mass is 79.9. The van der Waals surface area contributed by atoms with Gasteiger partial charge < -0.3 is 10.1 Å². The maximum Gasteiger partial charge on any atom is 0.127 e. The van der Waals surface area contributed by atoms with Crippen LogP contribution in [0.4, 0.5) is 4.39 Å². The Kier molecular flexibility index (Phi) is 5.37. The normalized spacial score (nSPS) is 12.2. The van der Waals surface area contributed by atoms with Gasteiger partial charge in [0, 0.05) is 10.5 Å². The summed E-state index contributed by atoms with van der Waals surface area (Å²) in [4.78, 5) is 0. The smallest absolute Gasteiger partial charge is 0.127 e. The number of hydrogen-bond acceptors (Lipinski definition) is 2. The molecular weight excluding hydrogens is 333 g/mol. The lowest BCUT2D eigenvalue weighted by Crippen LogP contribution is -2.19. The summed E-state index contributed by atoms with van der Waals surface area (Å²) in [5, 5.41) is 3.25. The van der Waals surface area contributed by atoms with Gasteiger partial charge in [0.1, 0.15) is 11.6 Å². The monoisotopic (exact) mass is 351 g/mol. The Balaban J connectivity index is 2.27. The summed E-state index contributed by atoms with van der Waals surface area (Å²) in [5.74, 6) is 0.660. The molecule has 0 saturated heterocycles. The lowest BCUT2D eigenvalue weighted by molar-refractivity contribution is 0.410. The lowest BCUT2D eigenvalue weighted by atomic mass is 9.97. The predicted octanol–water partition coefficient (Wildman–Crippen LogP) is 4.41. The standard InChI is InChI=1S/C17H19BrFNO/c1-11-4-5-13(9-17(11)21-3)16(20-2)8-12-6-7-14(18)10-15(12)19/h4-7,9-10,16,20H,8H2,1-3H3. The minimum atomic E-state index is -0.191. The van der Waals surface area contributed by atoms with E-state index in [9.17, 15) is 4.39 Å². The van der Waals surface area contributed by atoms with Crippen LogP contribution in [0.2, 0.25) is 0 Å². The van der Waals surface area contributed by atoms with Crippen molar-refractivity contribution in [3.63, 3.8) is 0 Å². The van der Waals surface area contributed by atoms with Gasteiger partial charge in [-0.25, -0.2) is 4.39 Å². The molecule has 0 aromatic heterocycles. The quantitative estimate of drug-likeness (QED) is 0.861. The van der Waals surface area contributed by atoms with Gasteiger partial charge >= 0.3 is 0 Å². The van der Waals surface area contributed by atoms with Crippen LogP contribution in [-0.2, 0) is 6.42 Å². The molecule has 21 heavy (non-hydrogen) atoms. The van der Waals surface area contributed by atoms with E-state index >= 15 is 0 Å². The number of benzene rings is 2. The average molecular weight is 352 g/mol. The SMILES string of the molecule is CNC(Cc1ccc(Br)cc1F)c1ccc(C)c(OC)c1. The first-order valence-corrected chi connectivity index (χ1v) is 7.60. The molecule has 0 bridgehead atoms. The van der Waals surface area contributed by atoms with E-state index in [1.807, 2.05) is 38.2 Å². The van der Waals surface area contributed by atoms with Gasteiger partial charge in [-0.05, 0) is 55.3 Å². The number of nitrogens with one attached hydrogen (secondary N) is 1. The maximum absolute atomic E-state index is 14.0. The molecule has 1 atom stereocenters. The van der Waals surface area contributed by atoms with Crippen molar-refractivity contribution in [2.75, 3.05) is 14.2 Å². The Bertz CT molecular complexity index is 630. The number of aryl methyl sites for hydroxylation is 1. The van der Waals surface area contributed by atoms with E-state index in [0.717, 1.165) is 21.3 Å². The molecule has 0 aliphatic heterocycles. The second kappa shape index (κ2) is 7.05. The molecule has 1 N–H and O–H groups in total. The Morgan fingerprint density at radius 2 is 2.00 bits per heavy atom. The summed E-state index contributed by atoms with van der Waals surface area (Å²) in [7, 11) is 3.54. The van der Waals surface area contributed by atoms with Gasteiger partial charge in [0.2, 0.25) is 0 Å². The van der Waals surface area contributed by atoms with Crippen molar-refractivity contribution in [2.45, 2.75) is 19.4 Å². The van der Waals surface area contributed by atoms with Crippen molar-refractivity contribution in [1.82, 2.24) is 5.32 Å². The zero-order valence-electron chi connectivity index (χ0n) is 12.4. The molecule has 0 spiro atoms. The summed E-state index contributed by atoms with van der Waals surface area (Å²) >= 11 is 3.28. The minimum absolute atomic E-state index is 0.0372. The first-order valence-electron chi connectivity index (χ1n) is 6.81. The largest absolute Gasteiger partial charge is 0.496 e. The van der Waals surface area contributed by atoms with Gasteiger partial charge in [-0.15, -0.1) is 0 Å². The van der Waals surface area contributed by atoms with Crippen LogP contribution in [-0.4, -0.2) is 14.2 Å². The minimum Gasteiger partial charge on any atom is -0.496 e. The highest BCUT2D eigenvalue weighted by molar-refractivity contribution is 9.10. The molecule has 0 radical (unpaired) electrons. The van der Waals surface area contributed by atoms with Crippen molar-refractivity contribution in [1.29, 1.82) is 0 Å². The molecule has 2 aromatic carbocycles. The van der Waals surface area contributed by atoms with E-state index in [1.54, 1.807) is 7.11 Å². The third-order valence-electron chi connectivity index (χ3n) is 3.62. The fraction of sp³-hybridized carbons (Fsp3) is 0.294. The van der Waals surface area contributed by atoms with Crippen LogP contribution in [0.3, 0.4) is 0 Å². The highest BCUT2D eigenvalue weighted by Crippen LogP contribution is 2.26. The number of methoxy groups -OCH3 is 1. The van der Waals surface area contributed by atoms with Gasteiger partial charge in [-0.1, -0.05) is 34.1 Å². The fourth-order valence-corrected chi connectivity index (χ4v) is 2.68. The Labute approximate surface area is 133 Å². The summed E-state index contributed by atoms with van der Waals surface area (Å²) < 4.78 is 20.1. The van der Waals surface area contributed by atoms with E-state index in [2.05, 4.69) is 27.3 Å². The topological polar surface area (TPSA) is 21.3 Å².